The number of hydrogen-bond donors (Lipinski definition) is 0. The summed E-state index contributed by atoms with van der Waals surface area (Å²) in [5.41, 5.74) is 23.0. The van der Waals surface area contributed by atoms with Gasteiger partial charge in [-0.3, -0.25) is 0 Å². The molecule has 0 saturated carbocycles. The molecule has 95 heavy (non-hydrogen) atoms. The minimum absolute atomic E-state index is 0.0373. The van der Waals surface area contributed by atoms with E-state index in [0.717, 1.165) is 108 Å². The Kier molecular flexibility index (Phi) is 11.9. The van der Waals surface area contributed by atoms with Crippen molar-refractivity contribution in [2.75, 3.05) is 0 Å². The Morgan fingerprint density at radius 1 is 0.284 bits per heavy atom. The molecule has 7 heterocycles. The molecule has 0 radical (unpaired) electrons. The molecule has 1 aliphatic carbocycles. The van der Waals surface area contributed by atoms with E-state index in [1.807, 2.05) is 60.7 Å². The third-order valence-corrected chi connectivity index (χ3v) is 20.2. The Balaban J connectivity index is 0.000000108. The van der Waals surface area contributed by atoms with Crippen molar-refractivity contribution < 1.29 is 18.9 Å². The number of aromatic nitrogens is 3. The van der Waals surface area contributed by atoms with E-state index in [1.165, 1.54) is 82.3 Å². The zero-order valence-corrected chi connectivity index (χ0v) is 51.8. The van der Waals surface area contributed by atoms with Gasteiger partial charge in [0.2, 0.25) is 0 Å². The Bertz CT molecular complexity index is 5860. The van der Waals surface area contributed by atoms with E-state index in [1.54, 1.807) is 0 Å². The molecular formula is C85H52B2ClN3O4. The van der Waals surface area contributed by atoms with E-state index in [0.29, 0.717) is 5.02 Å². The molecule has 5 aliphatic rings. The molecule has 3 aromatic heterocycles. The maximum absolute atomic E-state index is 6.72. The summed E-state index contributed by atoms with van der Waals surface area (Å²) in [5.74, 6) is 6.75. The van der Waals surface area contributed by atoms with Crippen LogP contribution in [-0.2, 0) is 6.42 Å². The second-order valence-electron chi connectivity index (χ2n) is 25.0. The van der Waals surface area contributed by atoms with Crippen LogP contribution in [0.3, 0.4) is 0 Å². The van der Waals surface area contributed by atoms with Gasteiger partial charge in [-0.2, -0.15) is 0 Å². The van der Waals surface area contributed by atoms with Crippen LogP contribution in [0.1, 0.15) is 11.1 Å². The van der Waals surface area contributed by atoms with Crippen molar-refractivity contribution in [3.63, 3.8) is 0 Å². The van der Waals surface area contributed by atoms with Gasteiger partial charge in [-0.05, 0) is 123 Å². The van der Waals surface area contributed by atoms with Crippen molar-refractivity contribution in [2.45, 2.75) is 6.42 Å². The molecule has 0 N–H and O–H groups in total. The summed E-state index contributed by atoms with van der Waals surface area (Å²) in [6, 6.07) is 107. The molecule has 0 amide bonds. The molecule has 22 rings (SSSR count). The second-order valence-corrected chi connectivity index (χ2v) is 25.4. The van der Waals surface area contributed by atoms with Crippen LogP contribution < -0.4 is 51.7 Å². The molecule has 4 aliphatic heterocycles. The molecule has 0 spiro atoms. The minimum Gasteiger partial charge on any atom is -0.458 e. The minimum atomic E-state index is 0.0373. The first-order valence-electron chi connectivity index (χ1n) is 32.3. The molecule has 0 saturated heterocycles. The molecule has 444 valence electrons. The normalized spacial score (nSPS) is 12.9. The van der Waals surface area contributed by atoms with Crippen molar-refractivity contribution in [1.29, 1.82) is 0 Å². The van der Waals surface area contributed by atoms with Gasteiger partial charge in [-0.25, -0.2) is 0 Å². The van der Waals surface area contributed by atoms with Gasteiger partial charge in [-0.15, -0.1) is 0 Å². The molecule has 0 fully saturated rings. The third kappa shape index (κ3) is 8.16. The number of rotatable bonds is 3. The number of fused-ring (bicyclic) bond motifs is 20. The van der Waals surface area contributed by atoms with Crippen LogP contribution in [0.5, 0.6) is 46.0 Å². The lowest BCUT2D eigenvalue weighted by atomic mass is 9.35. The lowest BCUT2D eigenvalue weighted by Crippen LogP contribution is -2.57. The first-order valence-corrected chi connectivity index (χ1v) is 32.7. The lowest BCUT2D eigenvalue weighted by Gasteiger charge is -2.33. The second kappa shape index (κ2) is 21.1. The van der Waals surface area contributed by atoms with Crippen LogP contribution in [0, 0.1) is 0 Å². The van der Waals surface area contributed by atoms with E-state index in [4.69, 9.17) is 30.5 Å². The summed E-state index contributed by atoms with van der Waals surface area (Å²) in [6.07, 6.45) is 1.00. The number of para-hydroxylation sites is 10. The number of benzene rings is 14. The maximum atomic E-state index is 6.72. The molecule has 14 aromatic carbocycles. The molecule has 10 heteroatoms. The van der Waals surface area contributed by atoms with Crippen molar-refractivity contribution in [3.8, 4) is 74.2 Å². The van der Waals surface area contributed by atoms with Crippen LogP contribution in [0.4, 0.5) is 0 Å². The average Bonchev–Trinajstić information content (AvgIpc) is 1.71. The lowest BCUT2D eigenvalue weighted by molar-refractivity contribution is 0.464. The highest BCUT2D eigenvalue weighted by Gasteiger charge is 2.42. The van der Waals surface area contributed by atoms with Crippen LogP contribution >= 0.6 is 11.6 Å². The fraction of sp³-hybridized carbons (Fsp3) is 0.0118. The highest BCUT2D eigenvalue weighted by Crippen LogP contribution is 2.45. The zero-order valence-electron chi connectivity index (χ0n) is 51.1. The highest BCUT2D eigenvalue weighted by atomic mass is 35.5. The van der Waals surface area contributed by atoms with Gasteiger partial charge in [0.25, 0.3) is 13.4 Å². The van der Waals surface area contributed by atoms with Crippen LogP contribution in [0.15, 0.2) is 303 Å². The van der Waals surface area contributed by atoms with Crippen molar-refractivity contribution in [3.05, 3.63) is 319 Å². The van der Waals surface area contributed by atoms with E-state index >= 15 is 0 Å². The Hall–Kier alpha value is -11.9. The topological polar surface area (TPSA) is 51.7 Å². The standard InChI is InChI=1S/C42H25BN2O2.C25H17N.C18H10BClO2/c1-7-19-34-27(12-1)28-13-2-8-20-35(28)45(34)36-21-11-15-30-29-14-3-6-18-33(29)44(42(30)36)26-24-39-41-40(25-26)47-38-23-10-5-17-32(38)43(41)31-16-4-9-22-37(31)46-39;1-2-9-18-17(8-1)16-22-19(18)12-7-15-25(22)26-23-13-5-3-10-20(23)21-11-4-6-14-24(21)26;20-11-9-16-18-17(10-11)22-15-8-4-2-6-13(15)19(18)12-5-1-3-7-14(12)21-16/h1-25H;1-15H,16H2;1-10H. The number of nitrogens with zero attached hydrogens (tertiary/aromatic N) is 3. The summed E-state index contributed by atoms with van der Waals surface area (Å²) in [7, 11) is 0. The van der Waals surface area contributed by atoms with Crippen LogP contribution in [0.2, 0.25) is 5.02 Å². The van der Waals surface area contributed by atoms with Crippen molar-refractivity contribution in [1.82, 2.24) is 13.7 Å². The predicted octanol–water partition coefficient (Wildman–Crippen LogP) is 18.0. The highest BCUT2D eigenvalue weighted by molar-refractivity contribution is 6.99. The van der Waals surface area contributed by atoms with Crippen molar-refractivity contribution in [2.24, 2.45) is 0 Å². The SMILES string of the molecule is Clc1cc2c3c(c1)Oc1ccccc1B3c1ccccc1O2.c1ccc2c(c1)Cc1c-2cccc1-n1c2ccccc2c2ccccc21.c1ccc2c(c1)Oc1cc(-n3c4ccccc4c4cccc(-n5c6ccccc6c6ccccc65)c43)cc3c1B2c1ccccc1O3. The van der Waals surface area contributed by atoms with Crippen LogP contribution in [0.25, 0.3) is 93.6 Å². The predicted molar refractivity (Wildman–Crippen MR) is 391 cm³/mol. The fourth-order valence-corrected chi connectivity index (χ4v) is 16.2. The van der Waals surface area contributed by atoms with Gasteiger partial charge in [0.15, 0.2) is 0 Å². The molecule has 0 atom stereocenters. The summed E-state index contributed by atoms with van der Waals surface area (Å²) in [5, 5.41) is 8.13. The molecule has 7 nitrogen and oxygen atoms in total. The van der Waals surface area contributed by atoms with Gasteiger partial charge < -0.3 is 32.6 Å². The number of hydrogen-bond acceptors (Lipinski definition) is 4. The third-order valence-electron chi connectivity index (χ3n) is 19.9. The van der Waals surface area contributed by atoms with Gasteiger partial charge >= 0.3 is 0 Å². The first kappa shape index (κ1) is 53.7. The average molecular weight is 1240 g/mol. The van der Waals surface area contributed by atoms with E-state index in [-0.39, 0.29) is 13.4 Å². The Morgan fingerprint density at radius 3 is 1.09 bits per heavy atom. The fourth-order valence-electron chi connectivity index (χ4n) is 16.0. The summed E-state index contributed by atoms with van der Waals surface area (Å²) >= 11 is 6.23. The molecular weight excluding hydrogens is 1180 g/mol. The number of halogens is 1. The smallest absolute Gasteiger partial charge is 0.260 e. The van der Waals surface area contributed by atoms with E-state index in [9.17, 15) is 0 Å². The van der Waals surface area contributed by atoms with E-state index < -0.39 is 0 Å². The Morgan fingerprint density at radius 2 is 0.621 bits per heavy atom. The van der Waals surface area contributed by atoms with E-state index in [2.05, 4.69) is 256 Å². The monoisotopic (exact) mass is 1240 g/mol. The maximum Gasteiger partial charge on any atom is 0.260 e. The van der Waals surface area contributed by atoms with Gasteiger partial charge in [0.1, 0.15) is 46.0 Å². The Labute approximate surface area is 552 Å². The number of ether oxygens (including phenoxy) is 4. The quantitative estimate of drug-likeness (QED) is 0.165. The van der Waals surface area contributed by atoms with Gasteiger partial charge in [-0.1, -0.05) is 224 Å². The molecule has 0 bridgehead atoms. The summed E-state index contributed by atoms with van der Waals surface area (Å²) in [6.45, 7) is 0.160. The summed E-state index contributed by atoms with van der Waals surface area (Å²) < 4.78 is 32.8. The largest absolute Gasteiger partial charge is 0.458 e. The van der Waals surface area contributed by atoms with Crippen molar-refractivity contribution >= 4 is 123 Å². The van der Waals surface area contributed by atoms with Gasteiger partial charge in [0, 0.05) is 66.8 Å². The first-order chi connectivity index (χ1) is 47.1. The zero-order chi connectivity index (χ0) is 62.4. The van der Waals surface area contributed by atoms with Gasteiger partial charge in [0.05, 0.1) is 50.2 Å². The van der Waals surface area contributed by atoms with Crippen LogP contribution in [-0.4, -0.2) is 27.1 Å². The summed E-state index contributed by atoms with van der Waals surface area (Å²) in [4.78, 5) is 0. The molecule has 0 unspecified atom stereocenters. The molecule has 17 aromatic rings.